The summed E-state index contributed by atoms with van der Waals surface area (Å²) in [6, 6.07) is 14.9. The number of rotatable bonds is 6. The Kier molecular flexibility index (Phi) is 5.63. The molecule has 1 fully saturated rings. The smallest absolute Gasteiger partial charge is 0.325 e. The van der Waals surface area contributed by atoms with Gasteiger partial charge in [-0.15, -0.1) is 0 Å². The normalized spacial score (nSPS) is 18.3. The number of urea groups is 1. The summed E-state index contributed by atoms with van der Waals surface area (Å²) < 4.78 is 0. The first-order valence-corrected chi connectivity index (χ1v) is 9.23. The van der Waals surface area contributed by atoms with Gasteiger partial charge in [-0.25, -0.2) is 4.79 Å². The molecule has 1 aliphatic rings. The molecule has 0 aliphatic carbocycles. The second kappa shape index (κ2) is 8.14. The van der Waals surface area contributed by atoms with Gasteiger partial charge >= 0.3 is 6.03 Å². The van der Waals surface area contributed by atoms with Gasteiger partial charge in [0.2, 0.25) is 11.8 Å². The Bertz CT molecular complexity index is 943. The van der Waals surface area contributed by atoms with Crippen LogP contribution in [0.5, 0.6) is 0 Å². The van der Waals surface area contributed by atoms with Gasteiger partial charge in [0, 0.05) is 18.3 Å². The van der Waals surface area contributed by atoms with Crippen LogP contribution in [0, 0.1) is 0 Å². The molecule has 0 unspecified atom stereocenters. The first-order valence-electron chi connectivity index (χ1n) is 9.23. The lowest BCUT2D eigenvalue weighted by Crippen LogP contribution is -2.44. The number of nitrogens with zero attached hydrogens (tertiary/aromatic N) is 1. The van der Waals surface area contributed by atoms with E-state index in [1.54, 1.807) is 48.5 Å². The van der Waals surface area contributed by atoms with Gasteiger partial charge in [-0.2, -0.15) is 0 Å². The lowest BCUT2D eigenvalue weighted by molar-refractivity contribution is -0.134. The first-order chi connectivity index (χ1) is 13.9. The monoisotopic (exact) mass is 394 g/mol. The third-order valence-electron chi connectivity index (χ3n) is 4.76. The van der Waals surface area contributed by atoms with Crippen LogP contribution in [0.25, 0.3) is 0 Å². The SMILES string of the molecule is CC[C@@]1(c2ccccc2)NC(=O)N(CC(=O)Nc2ccc(NC(C)=O)cc2)C1=O. The molecule has 1 heterocycles. The fourth-order valence-electron chi connectivity index (χ4n) is 3.32. The zero-order valence-electron chi connectivity index (χ0n) is 16.2. The van der Waals surface area contributed by atoms with Crippen LogP contribution < -0.4 is 16.0 Å². The second-order valence-electron chi connectivity index (χ2n) is 6.75. The first kappa shape index (κ1) is 20.1. The van der Waals surface area contributed by atoms with Crippen LogP contribution in [0.3, 0.4) is 0 Å². The van der Waals surface area contributed by atoms with E-state index in [-0.39, 0.29) is 5.91 Å². The van der Waals surface area contributed by atoms with Crippen molar-refractivity contribution in [1.82, 2.24) is 10.2 Å². The molecular formula is C21H22N4O4. The summed E-state index contributed by atoms with van der Waals surface area (Å²) in [6.07, 6.45) is 0.365. The van der Waals surface area contributed by atoms with E-state index in [0.29, 0.717) is 23.4 Å². The van der Waals surface area contributed by atoms with Crippen LogP contribution in [0.15, 0.2) is 54.6 Å². The Labute approximate surface area is 168 Å². The van der Waals surface area contributed by atoms with Crippen LogP contribution in [-0.4, -0.2) is 35.2 Å². The summed E-state index contributed by atoms with van der Waals surface area (Å²) in [4.78, 5) is 49.9. The van der Waals surface area contributed by atoms with E-state index in [2.05, 4.69) is 16.0 Å². The standard InChI is InChI=1S/C21H22N4O4/c1-3-21(15-7-5-4-6-8-15)19(28)25(20(29)24-21)13-18(27)23-17-11-9-16(10-12-17)22-14(2)26/h4-12H,3,13H2,1-2H3,(H,22,26)(H,23,27)(H,24,29)/t21-/m0/s1. The third kappa shape index (κ3) is 4.11. The molecule has 3 rings (SSSR count). The molecule has 150 valence electrons. The number of nitrogens with one attached hydrogen (secondary N) is 3. The lowest BCUT2D eigenvalue weighted by atomic mass is 9.87. The molecule has 0 saturated carbocycles. The minimum absolute atomic E-state index is 0.196. The largest absolute Gasteiger partial charge is 0.326 e. The summed E-state index contributed by atoms with van der Waals surface area (Å²) in [5.41, 5.74) is 0.594. The minimum atomic E-state index is -1.17. The van der Waals surface area contributed by atoms with Crippen molar-refractivity contribution < 1.29 is 19.2 Å². The van der Waals surface area contributed by atoms with E-state index < -0.39 is 29.9 Å². The number of amides is 5. The number of carbonyl (C=O) groups excluding carboxylic acids is 4. The average molecular weight is 394 g/mol. The molecule has 1 saturated heterocycles. The van der Waals surface area contributed by atoms with Gasteiger partial charge in [-0.3, -0.25) is 19.3 Å². The number of imide groups is 1. The Balaban J connectivity index is 1.70. The molecule has 0 bridgehead atoms. The summed E-state index contributed by atoms with van der Waals surface area (Å²) >= 11 is 0. The Hall–Kier alpha value is -3.68. The number of benzene rings is 2. The van der Waals surface area contributed by atoms with Crippen molar-refractivity contribution in [2.45, 2.75) is 25.8 Å². The maximum absolute atomic E-state index is 13.0. The minimum Gasteiger partial charge on any atom is -0.326 e. The van der Waals surface area contributed by atoms with Crippen molar-refractivity contribution >= 4 is 35.1 Å². The quantitative estimate of drug-likeness (QED) is 0.654. The molecule has 2 aromatic carbocycles. The number of carbonyl (C=O) groups is 4. The zero-order chi connectivity index (χ0) is 21.0. The van der Waals surface area contributed by atoms with E-state index in [1.165, 1.54) is 6.92 Å². The number of anilines is 2. The van der Waals surface area contributed by atoms with Crippen molar-refractivity contribution in [3.63, 3.8) is 0 Å². The van der Waals surface area contributed by atoms with Gasteiger partial charge in [0.25, 0.3) is 5.91 Å². The lowest BCUT2D eigenvalue weighted by Gasteiger charge is -2.25. The molecule has 8 nitrogen and oxygen atoms in total. The summed E-state index contributed by atoms with van der Waals surface area (Å²) in [5, 5.41) is 8.02. The molecule has 0 radical (unpaired) electrons. The molecule has 1 atom stereocenters. The predicted molar refractivity (Wildman–Crippen MR) is 108 cm³/mol. The van der Waals surface area contributed by atoms with Gasteiger partial charge < -0.3 is 16.0 Å². The van der Waals surface area contributed by atoms with Crippen LogP contribution in [0.1, 0.15) is 25.8 Å². The Morgan fingerprint density at radius 1 is 0.966 bits per heavy atom. The third-order valence-corrected chi connectivity index (χ3v) is 4.76. The molecule has 1 aliphatic heterocycles. The van der Waals surface area contributed by atoms with Crippen molar-refractivity contribution in [1.29, 1.82) is 0 Å². The van der Waals surface area contributed by atoms with Gasteiger partial charge in [0.05, 0.1) is 0 Å². The zero-order valence-corrected chi connectivity index (χ0v) is 16.2. The molecule has 8 heteroatoms. The van der Waals surface area contributed by atoms with E-state index >= 15 is 0 Å². The molecule has 0 spiro atoms. The summed E-state index contributed by atoms with van der Waals surface area (Å²) in [6.45, 7) is 2.82. The van der Waals surface area contributed by atoms with E-state index in [1.807, 2.05) is 13.0 Å². The fraction of sp³-hybridized carbons (Fsp3) is 0.238. The average Bonchev–Trinajstić information content (AvgIpc) is 2.95. The molecule has 3 N–H and O–H groups in total. The van der Waals surface area contributed by atoms with Gasteiger partial charge in [-0.05, 0) is 36.2 Å². The maximum atomic E-state index is 13.0. The Morgan fingerprint density at radius 2 is 1.55 bits per heavy atom. The van der Waals surface area contributed by atoms with Crippen molar-refractivity contribution in [2.75, 3.05) is 17.2 Å². The molecule has 0 aromatic heterocycles. The summed E-state index contributed by atoms with van der Waals surface area (Å²) in [5.74, 6) is -1.15. The van der Waals surface area contributed by atoms with E-state index in [9.17, 15) is 19.2 Å². The maximum Gasteiger partial charge on any atom is 0.325 e. The van der Waals surface area contributed by atoms with Gasteiger partial charge in [0.1, 0.15) is 12.1 Å². The van der Waals surface area contributed by atoms with Crippen LogP contribution >= 0.6 is 0 Å². The molecule has 2 aromatic rings. The van der Waals surface area contributed by atoms with Crippen LogP contribution in [0.4, 0.5) is 16.2 Å². The highest BCUT2D eigenvalue weighted by Gasteiger charge is 2.51. The molecular weight excluding hydrogens is 372 g/mol. The highest BCUT2D eigenvalue weighted by molar-refractivity contribution is 6.10. The van der Waals surface area contributed by atoms with Gasteiger partial charge in [-0.1, -0.05) is 37.3 Å². The molecule has 5 amide bonds. The highest BCUT2D eigenvalue weighted by Crippen LogP contribution is 2.32. The Morgan fingerprint density at radius 3 is 2.10 bits per heavy atom. The summed E-state index contributed by atoms with van der Waals surface area (Å²) in [7, 11) is 0. The second-order valence-corrected chi connectivity index (χ2v) is 6.75. The number of hydrogen-bond acceptors (Lipinski definition) is 4. The molecule has 29 heavy (non-hydrogen) atoms. The number of hydrogen-bond donors (Lipinski definition) is 3. The van der Waals surface area contributed by atoms with Crippen LogP contribution in [-0.2, 0) is 19.9 Å². The van der Waals surface area contributed by atoms with E-state index in [0.717, 1.165) is 4.90 Å². The van der Waals surface area contributed by atoms with E-state index in [4.69, 9.17) is 0 Å². The van der Waals surface area contributed by atoms with Crippen molar-refractivity contribution in [3.05, 3.63) is 60.2 Å². The highest BCUT2D eigenvalue weighted by atomic mass is 16.2. The van der Waals surface area contributed by atoms with Crippen molar-refractivity contribution in [3.8, 4) is 0 Å². The fourth-order valence-corrected chi connectivity index (χ4v) is 3.32. The van der Waals surface area contributed by atoms with Gasteiger partial charge in [0.15, 0.2) is 0 Å². The van der Waals surface area contributed by atoms with Crippen molar-refractivity contribution in [2.24, 2.45) is 0 Å². The predicted octanol–water partition coefficient (Wildman–Crippen LogP) is 2.44. The van der Waals surface area contributed by atoms with Crippen LogP contribution in [0.2, 0.25) is 0 Å². The topological polar surface area (TPSA) is 108 Å².